The summed E-state index contributed by atoms with van der Waals surface area (Å²) in [6, 6.07) is 10.2. The summed E-state index contributed by atoms with van der Waals surface area (Å²) in [6.45, 7) is 4.01. The van der Waals surface area contributed by atoms with Crippen molar-refractivity contribution in [3.05, 3.63) is 63.5 Å². The minimum Gasteiger partial charge on any atom is -0.481 e. The number of aromatic nitrogens is 3. The third-order valence-electron chi connectivity index (χ3n) is 4.26. The number of nitrogens with zero attached hydrogens (tertiary/aromatic N) is 2. The zero-order valence-electron chi connectivity index (χ0n) is 16.3. The molecule has 29 heavy (non-hydrogen) atoms. The maximum absolute atomic E-state index is 12.2. The first-order chi connectivity index (χ1) is 13.9. The van der Waals surface area contributed by atoms with E-state index in [4.69, 9.17) is 16.3 Å². The Morgan fingerprint density at radius 1 is 1.24 bits per heavy atom. The topological polar surface area (TPSA) is 97.0 Å². The Morgan fingerprint density at radius 2 is 2.03 bits per heavy atom. The molecule has 150 valence electrons. The summed E-state index contributed by atoms with van der Waals surface area (Å²) in [5.74, 6) is 0.667. The molecule has 0 spiro atoms. The number of amides is 1. The fourth-order valence-corrected chi connectivity index (χ4v) is 2.85. The van der Waals surface area contributed by atoms with Crippen LogP contribution in [0.1, 0.15) is 19.4 Å². The maximum Gasteiger partial charge on any atom is 0.251 e. The first-order valence-corrected chi connectivity index (χ1v) is 9.43. The van der Waals surface area contributed by atoms with Gasteiger partial charge >= 0.3 is 0 Å². The van der Waals surface area contributed by atoms with Crippen LogP contribution in [0.15, 0.2) is 47.4 Å². The molecule has 2 aromatic heterocycles. The van der Waals surface area contributed by atoms with Crippen LogP contribution in [0.3, 0.4) is 0 Å². The van der Waals surface area contributed by atoms with Crippen LogP contribution in [0.5, 0.6) is 5.88 Å². The van der Waals surface area contributed by atoms with E-state index < -0.39 is 0 Å². The minimum atomic E-state index is -0.310. The molecule has 0 unspecified atom stereocenters. The van der Waals surface area contributed by atoms with E-state index in [1.54, 1.807) is 30.5 Å². The number of carbonyl (C=O) groups is 1. The van der Waals surface area contributed by atoms with E-state index in [1.807, 2.05) is 19.9 Å². The van der Waals surface area contributed by atoms with Gasteiger partial charge < -0.3 is 15.0 Å². The Labute approximate surface area is 173 Å². The number of hydrogen-bond donors (Lipinski definition) is 2. The van der Waals surface area contributed by atoms with Crippen molar-refractivity contribution in [3.8, 4) is 28.5 Å². The molecule has 0 saturated heterocycles. The normalized spacial score (nSPS) is 10.8. The Balaban J connectivity index is 1.95. The van der Waals surface area contributed by atoms with Crippen molar-refractivity contribution in [2.24, 2.45) is 5.92 Å². The second-order valence-electron chi connectivity index (χ2n) is 6.76. The molecule has 0 bridgehead atoms. The van der Waals surface area contributed by atoms with Crippen LogP contribution < -0.4 is 15.6 Å². The standard InChI is InChI=1S/C21H21ClN4O3/c1-12(2)21(28)24-10-13-4-6-16(22)15(8-13)20-25-17(9-18(27)26-20)14-5-7-19(29-3)23-11-14/h4-9,11-12H,10H2,1-3H3,(H,24,28)(H,25,26,27). The van der Waals surface area contributed by atoms with E-state index in [1.165, 1.54) is 13.2 Å². The van der Waals surface area contributed by atoms with Gasteiger partial charge in [-0.25, -0.2) is 9.97 Å². The van der Waals surface area contributed by atoms with Gasteiger partial charge in [0, 0.05) is 41.9 Å². The van der Waals surface area contributed by atoms with Crippen molar-refractivity contribution >= 4 is 17.5 Å². The number of carbonyl (C=O) groups excluding carboxylic acids is 1. The van der Waals surface area contributed by atoms with Crippen molar-refractivity contribution < 1.29 is 9.53 Å². The molecule has 0 aliphatic rings. The summed E-state index contributed by atoms with van der Waals surface area (Å²) in [7, 11) is 1.53. The van der Waals surface area contributed by atoms with Crippen molar-refractivity contribution in [3.63, 3.8) is 0 Å². The van der Waals surface area contributed by atoms with Crippen LogP contribution in [0, 0.1) is 5.92 Å². The second kappa shape index (κ2) is 8.87. The molecule has 0 aliphatic heterocycles. The van der Waals surface area contributed by atoms with Crippen LogP contribution in [-0.2, 0) is 11.3 Å². The van der Waals surface area contributed by atoms with E-state index in [0.717, 1.165) is 5.56 Å². The lowest BCUT2D eigenvalue weighted by Gasteiger charge is -2.11. The lowest BCUT2D eigenvalue weighted by molar-refractivity contribution is -0.124. The second-order valence-corrected chi connectivity index (χ2v) is 7.16. The molecular formula is C21H21ClN4O3. The van der Waals surface area contributed by atoms with Gasteiger partial charge in [-0.15, -0.1) is 0 Å². The van der Waals surface area contributed by atoms with Gasteiger partial charge in [-0.2, -0.15) is 0 Å². The number of hydrogen-bond acceptors (Lipinski definition) is 5. The molecule has 0 aliphatic carbocycles. The predicted molar refractivity (Wildman–Crippen MR) is 112 cm³/mol. The third-order valence-corrected chi connectivity index (χ3v) is 4.59. The molecule has 3 rings (SSSR count). The molecule has 1 amide bonds. The van der Waals surface area contributed by atoms with Gasteiger partial charge in [0.2, 0.25) is 11.8 Å². The maximum atomic E-state index is 12.2. The summed E-state index contributed by atoms with van der Waals surface area (Å²) in [5, 5.41) is 3.30. The summed E-state index contributed by atoms with van der Waals surface area (Å²) in [6.07, 6.45) is 1.59. The average Bonchev–Trinajstić information content (AvgIpc) is 2.72. The summed E-state index contributed by atoms with van der Waals surface area (Å²) >= 11 is 6.36. The smallest absolute Gasteiger partial charge is 0.251 e. The first-order valence-electron chi connectivity index (χ1n) is 9.05. The number of halogens is 1. The SMILES string of the molecule is COc1ccc(-c2cc(=O)[nH]c(-c3cc(CNC(=O)C(C)C)ccc3Cl)n2)cn1. The highest BCUT2D eigenvalue weighted by molar-refractivity contribution is 6.33. The average molecular weight is 413 g/mol. The Morgan fingerprint density at radius 3 is 2.69 bits per heavy atom. The Kier molecular flexibility index (Phi) is 6.29. The van der Waals surface area contributed by atoms with Crippen molar-refractivity contribution in [2.45, 2.75) is 20.4 Å². The quantitative estimate of drug-likeness (QED) is 0.646. The van der Waals surface area contributed by atoms with E-state index >= 15 is 0 Å². The molecule has 0 fully saturated rings. The molecule has 1 aromatic carbocycles. The number of ether oxygens (including phenoxy) is 1. The number of rotatable bonds is 6. The fraction of sp³-hybridized carbons (Fsp3) is 0.238. The van der Waals surface area contributed by atoms with Crippen LogP contribution >= 0.6 is 11.6 Å². The zero-order valence-corrected chi connectivity index (χ0v) is 17.1. The molecule has 7 nitrogen and oxygen atoms in total. The Hall–Kier alpha value is -3.19. The molecule has 0 saturated carbocycles. The van der Waals surface area contributed by atoms with Crippen molar-refractivity contribution in [2.75, 3.05) is 7.11 Å². The highest BCUT2D eigenvalue weighted by Crippen LogP contribution is 2.27. The van der Waals surface area contributed by atoms with Crippen LogP contribution in [-0.4, -0.2) is 28.0 Å². The van der Waals surface area contributed by atoms with Gasteiger partial charge in [-0.1, -0.05) is 31.5 Å². The molecule has 0 radical (unpaired) electrons. The van der Waals surface area contributed by atoms with Gasteiger partial charge in [0.1, 0.15) is 5.82 Å². The van der Waals surface area contributed by atoms with Gasteiger partial charge in [-0.3, -0.25) is 9.59 Å². The van der Waals surface area contributed by atoms with Crippen LogP contribution in [0.2, 0.25) is 5.02 Å². The monoisotopic (exact) mass is 412 g/mol. The first kappa shape index (κ1) is 20.5. The summed E-state index contributed by atoms with van der Waals surface area (Å²) in [4.78, 5) is 35.5. The number of pyridine rings is 1. The highest BCUT2D eigenvalue weighted by atomic mass is 35.5. The number of H-pyrrole nitrogens is 1. The molecule has 2 heterocycles. The Bertz CT molecular complexity index is 1080. The largest absolute Gasteiger partial charge is 0.481 e. The predicted octanol–water partition coefficient (Wildman–Crippen LogP) is 3.43. The molecule has 2 N–H and O–H groups in total. The van der Waals surface area contributed by atoms with Gasteiger partial charge in [0.05, 0.1) is 17.8 Å². The lowest BCUT2D eigenvalue weighted by atomic mass is 10.1. The van der Waals surface area contributed by atoms with Gasteiger partial charge in [0.15, 0.2) is 0 Å². The van der Waals surface area contributed by atoms with Crippen LogP contribution in [0.4, 0.5) is 0 Å². The number of nitrogens with one attached hydrogen (secondary N) is 2. The zero-order chi connectivity index (χ0) is 21.0. The van der Waals surface area contributed by atoms with Crippen molar-refractivity contribution in [1.82, 2.24) is 20.3 Å². The van der Waals surface area contributed by atoms with E-state index in [2.05, 4.69) is 20.3 Å². The molecule has 8 heteroatoms. The molecule has 0 atom stereocenters. The summed E-state index contributed by atoms with van der Waals surface area (Å²) < 4.78 is 5.06. The number of methoxy groups -OCH3 is 1. The van der Waals surface area contributed by atoms with E-state index in [9.17, 15) is 9.59 Å². The van der Waals surface area contributed by atoms with Crippen LogP contribution in [0.25, 0.3) is 22.6 Å². The lowest BCUT2D eigenvalue weighted by Crippen LogP contribution is -2.27. The van der Waals surface area contributed by atoms with E-state index in [-0.39, 0.29) is 17.4 Å². The van der Waals surface area contributed by atoms with Gasteiger partial charge in [-0.05, 0) is 23.8 Å². The molecule has 3 aromatic rings. The van der Waals surface area contributed by atoms with Crippen molar-refractivity contribution in [1.29, 1.82) is 0 Å². The van der Waals surface area contributed by atoms with Gasteiger partial charge in [0.25, 0.3) is 5.56 Å². The molecular weight excluding hydrogens is 392 g/mol. The fourth-order valence-electron chi connectivity index (χ4n) is 2.64. The third kappa shape index (κ3) is 5.00. The number of benzene rings is 1. The summed E-state index contributed by atoms with van der Waals surface area (Å²) in [5.41, 5.74) is 2.25. The highest BCUT2D eigenvalue weighted by Gasteiger charge is 2.12. The van der Waals surface area contributed by atoms with E-state index in [0.29, 0.717) is 40.1 Å². The minimum absolute atomic E-state index is 0.0398. The number of aromatic amines is 1.